The van der Waals surface area contributed by atoms with Gasteiger partial charge >= 0.3 is 6.18 Å². The first-order chi connectivity index (χ1) is 7.89. The van der Waals surface area contributed by atoms with Crippen LogP contribution in [0.5, 0.6) is 0 Å². The molecule has 0 aliphatic carbocycles. The molecule has 0 aliphatic rings. The van der Waals surface area contributed by atoms with E-state index in [1.54, 1.807) is 6.92 Å². The van der Waals surface area contributed by atoms with Crippen LogP contribution in [0, 0.1) is 0 Å². The summed E-state index contributed by atoms with van der Waals surface area (Å²) in [6, 6.07) is 0. The molecule has 1 rings (SSSR count). The van der Waals surface area contributed by atoms with Crippen LogP contribution < -0.4 is 5.73 Å². The fourth-order valence-electron chi connectivity index (χ4n) is 1.51. The van der Waals surface area contributed by atoms with Crippen molar-refractivity contribution in [3.8, 4) is 0 Å². The van der Waals surface area contributed by atoms with Gasteiger partial charge in [0.25, 0.3) is 0 Å². The summed E-state index contributed by atoms with van der Waals surface area (Å²) in [5, 5.41) is 7.21. The standard InChI is InChI=1S/C9H15F3N4O/c1-6(17-2)8-7(3-4-13)14-15-16(8)5-9(10,11)12/h6H,3-5,13H2,1-2H3. The van der Waals surface area contributed by atoms with Crippen molar-refractivity contribution < 1.29 is 17.9 Å². The molecule has 0 radical (unpaired) electrons. The number of nitrogens with two attached hydrogens (primary N) is 1. The van der Waals surface area contributed by atoms with Crippen molar-refractivity contribution in [1.82, 2.24) is 15.0 Å². The van der Waals surface area contributed by atoms with Crippen molar-refractivity contribution in [2.75, 3.05) is 13.7 Å². The van der Waals surface area contributed by atoms with E-state index in [4.69, 9.17) is 10.5 Å². The van der Waals surface area contributed by atoms with Crippen molar-refractivity contribution in [2.45, 2.75) is 32.2 Å². The summed E-state index contributed by atoms with van der Waals surface area (Å²) in [7, 11) is 1.42. The van der Waals surface area contributed by atoms with Gasteiger partial charge in [0, 0.05) is 13.5 Å². The number of alkyl halides is 3. The minimum atomic E-state index is -4.34. The topological polar surface area (TPSA) is 66.0 Å². The zero-order valence-corrected chi connectivity index (χ0v) is 9.66. The zero-order chi connectivity index (χ0) is 13.1. The van der Waals surface area contributed by atoms with Gasteiger partial charge < -0.3 is 10.5 Å². The molecule has 0 saturated carbocycles. The minimum Gasteiger partial charge on any atom is -0.375 e. The number of nitrogens with zero attached hydrogens (tertiary/aromatic N) is 3. The monoisotopic (exact) mass is 252 g/mol. The van der Waals surface area contributed by atoms with E-state index in [1.165, 1.54) is 7.11 Å². The molecule has 1 aromatic rings. The molecule has 17 heavy (non-hydrogen) atoms. The summed E-state index contributed by atoms with van der Waals surface area (Å²) in [5.41, 5.74) is 6.15. The fraction of sp³-hybridized carbons (Fsp3) is 0.778. The summed E-state index contributed by atoms with van der Waals surface area (Å²) in [4.78, 5) is 0. The summed E-state index contributed by atoms with van der Waals surface area (Å²) < 4.78 is 42.8. The van der Waals surface area contributed by atoms with Crippen LogP contribution in [0.3, 0.4) is 0 Å². The van der Waals surface area contributed by atoms with Gasteiger partial charge in [-0.3, -0.25) is 0 Å². The number of methoxy groups -OCH3 is 1. The first kappa shape index (κ1) is 13.9. The minimum absolute atomic E-state index is 0.300. The molecule has 0 bridgehead atoms. The first-order valence-corrected chi connectivity index (χ1v) is 5.11. The van der Waals surface area contributed by atoms with E-state index in [9.17, 15) is 13.2 Å². The van der Waals surface area contributed by atoms with Crippen LogP contribution in [-0.2, 0) is 17.7 Å². The van der Waals surface area contributed by atoms with E-state index < -0.39 is 18.8 Å². The molecule has 98 valence electrons. The Labute approximate surface area is 96.7 Å². The number of ether oxygens (including phenoxy) is 1. The van der Waals surface area contributed by atoms with E-state index >= 15 is 0 Å². The Balaban J connectivity index is 3.04. The van der Waals surface area contributed by atoms with Gasteiger partial charge in [-0.1, -0.05) is 5.21 Å². The average molecular weight is 252 g/mol. The lowest BCUT2D eigenvalue weighted by atomic mass is 10.2. The second-order valence-electron chi connectivity index (χ2n) is 3.61. The number of hydrogen-bond donors (Lipinski definition) is 1. The third-order valence-electron chi connectivity index (χ3n) is 2.30. The summed E-state index contributed by atoms with van der Waals surface area (Å²) in [6.07, 6.45) is -4.47. The van der Waals surface area contributed by atoms with Gasteiger partial charge in [-0.15, -0.1) is 5.10 Å². The van der Waals surface area contributed by atoms with Crippen molar-refractivity contribution in [3.63, 3.8) is 0 Å². The molecule has 0 aromatic carbocycles. The number of rotatable bonds is 5. The maximum atomic E-state index is 12.3. The number of hydrogen-bond acceptors (Lipinski definition) is 4. The van der Waals surface area contributed by atoms with Crippen LogP contribution in [0.1, 0.15) is 24.4 Å². The Kier molecular flexibility index (Phi) is 4.47. The molecule has 1 heterocycles. The van der Waals surface area contributed by atoms with E-state index in [0.29, 0.717) is 24.4 Å². The van der Waals surface area contributed by atoms with Crippen LogP contribution in [0.15, 0.2) is 0 Å². The van der Waals surface area contributed by atoms with Gasteiger partial charge in [0.2, 0.25) is 0 Å². The average Bonchev–Trinajstić information content (AvgIpc) is 2.58. The molecule has 1 atom stereocenters. The van der Waals surface area contributed by atoms with Crippen LogP contribution >= 0.6 is 0 Å². The van der Waals surface area contributed by atoms with Gasteiger partial charge in [0.15, 0.2) is 0 Å². The predicted molar refractivity (Wildman–Crippen MR) is 54.3 cm³/mol. The highest BCUT2D eigenvalue weighted by atomic mass is 19.4. The van der Waals surface area contributed by atoms with E-state index in [-0.39, 0.29) is 0 Å². The van der Waals surface area contributed by atoms with Crippen molar-refractivity contribution >= 4 is 0 Å². The normalized spacial score (nSPS) is 14.0. The number of aromatic nitrogens is 3. The molecular weight excluding hydrogens is 237 g/mol. The SMILES string of the molecule is COC(C)c1c(CCN)nnn1CC(F)(F)F. The first-order valence-electron chi connectivity index (χ1n) is 5.11. The maximum Gasteiger partial charge on any atom is 0.408 e. The van der Waals surface area contributed by atoms with Crippen molar-refractivity contribution in [1.29, 1.82) is 0 Å². The van der Waals surface area contributed by atoms with Gasteiger partial charge in [-0.05, 0) is 13.5 Å². The quantitative estimate of drug-likeness (QED) is 0.850. The molecule has 1 aromatic heterocycles. The molecular formula is C9H15F3N4O. The van der Waals surface area contributed by atoms with E-state index in [1.807, 2.05) is 0 Å². The Morgan fingerprint density at radius 1 is 1.47 bits per heavy atom. The van der Waals surface area contributed by atoms with Gasteiger partial charge in [0.1, 0.15) is 6.54 Å². The Bertz CT molecular complexity index is 364. The third-order valence-corrected chi connectivity index (χ3v) is 2.30. The lowest BCUT2D eigenvalue weighted by Gasteiger charge is -2.14. The second kappa shape index (κ2) is 5.46. The lowest BCUT2D eigenvalue weighted by molar-refractivity contribution is -0.143. The zero-order valence-electron chi connectivity index (χ0n) is 9.66. The molecule has 5 nitrogen and oxygen atoms in total. The summed E-state index contributed by atoms with van der Waals surface area (Å²) >= 11 is 0. The fourth-order valence-corrected chi connectivity index (χ4v) is 1.51. The predicted octanol–water partition coefficient (Wildman–Crippen LogP) is 1.05. The molecule has 0 spiro atoms. The smallest absolute Gasteiger partial charge is 0.375 e. The number of halogens is 3. The third kappa shape index (κ3) is 3.67. The Hall–Kier alpha value is -1.15. The highest BCUT2D eigenvalue weighted by Crippen LogP contribution is 2.23. The molecule has 0 amide bonds. The van der Waals surface area contributed by atoms with E-state index in [0.717, 1.165) is 4.68 Å². The molecule has 2 N–H and O–H groups in total. The molecule has 8 heteroatoms. The Morgan fingerprint density at radius 3 is 2.59 bits per heavy atom. The van der Waals surface area contributed by atoms with Crippen molar-refractivity contribution in [2.24, 2.45) is 5.73 Å². The van der Waals surface area contributed by atoms with Crippen LogP contribution in [0.2, 0.25) is 0 Å². The summed E-state index contributed by atoms with van der Waals surface area (Å²) in [5.74, 6) is 0. The molecule has 1 unspecified atom stereocenters. The summed E-state index contributed by atoms with van der Waals surface area (Å²) in [6.45, 7) is 0.771. The van der Waals surface area contributed by atoms with Gasteiger partial charge in [0.05, 0.1) is 17.5 Å². The van der Waals surface area contributed by atoms with Gasteiger partial charge in [-0.2, -0.15) is 13.2 Å². The lowest BCUT2D eigenvalue weighted by Crippen LogP contribution is -2.22. The van der Waals surface area contributed by atoms with Crippen LogP contribution in [0.4, 0.5) is 13.2 Å². The highest BCUT2D eigenvalue weighted by Gasteiger charge is 2.31. The Morgan fingerprint density at radius 2 is 2.12 bits per heavy atom. The van der Waals surface area contributed by atoms with Crippen molar-refractivity contribution in [3.05, 3.63) is 11.4 Å². The molecule has 0 fully saturated rings. The van der Waals surface area contributed by atoms with Gasteiger partial charge in [-0.25, -0.2) is 4.68 Å². The molecule has 0 aliphatic heterocycles. The highest BCUT2D eigenvalue weighted by molar-refractivity contribution is 5.13. The maximum absolute atomic E-state index is 12.3. The van der Waals surface area contributed by atoms with Crippen LogP contribution in [0.25, 0.3) is 0 Å². The van der Waals surface area contributed by atoms with E-state index in [2.05, 4.69) is 10.3 Å². The van der Waals surface area contributed by atoms with Crippen LogP contribution in [-0.4, -0.2) is 34.8 Å². The second-order valence-corrected chi connectivity index (χ2v) is 3.61. The largest absolute Gasteiger partial charge is 0.408 e. The molecule has 0 saturated heterocycles.